The van der Waals surface area contributed by atoms with E-state index in [9.17, 15) is 8.78 Å². The molecule has 1 aromatic heterocycles. The van der Waals surface area contributed by atoms with Crippen LogP contribution in [0, 0.1) is 11.8 Å². The van der Waals surface area contributed by atoms with Crippen molar-refractivity contribution in [1.82, 2.24) is 9.78 Å². The zero-order chi connectivity index (χ0) is 12.4. The van der Waals surface area contributed by atoms with Gasteiger partial charge in [-0.15, -0.1) is 0 Å². The number of nitrogens with two attached hydrogens (primary N) is 1. The molecule has 0 fully saturated rings. The monoisotopic (exact) mass is 237 g/mol. The Kier molecular flexibility index (Phi) is 3.19. The standard InChI is InChI=1S/C12H13F2N3/c1-2-17-12(14)10(7-16-17)8-3-4-11(13)9(5-8)6-15/h3-5,7H,2,6,15H2,1H3. The van der Waals surface area contributed by atoms with Gasteiger partial charge >= 0.3 is 0 Å². The second-order valence-corrected chi connectivity index (χ2v) is 3.68. The molecule has 1 aromatic carbocycles. The van der Waals surface area contributed by atoms with Crippen LogP contribution in [0.25, 0.3) is 11.1 Å². The van der Waals surface area contributed by atoms with E-state index in [0.29, 0.717) is 23.2 Å². The molecular weight excluding hydrogens is 224 g/mol. The summed E-state index contributed by atoms with van der Waals surface area (Å²) in [4.78, 5) is 0. The van der Waals surface area contributed by atoms with Crippen LogP contribution in [0.15, 0.2) is 24.4 Å². The molecule has 0 aliphatic heterocycles. The van der Waals surface area contributed by atoms with Gasteiger partial charge in [0.15, 0.2) is 0 Å². The normalized spacial score (nSPS) is 10.8. The lowest BCUT2D eigenvalue weighted by Crippen LogP contribution is -2.01. The van der Waals surface area contributed by atoms with Crippen molar-refractivity contribution in [1.29, 1.82) is 0 Å². The van der Waals surface area contributed by atoms with Gasteiger partial charge in [-0.1, -0.05) is 6.07 Å². The number of aromatic nitrogens is 2. The fourth-order valence-electron chi connectivity index (χ4n) is 1.68. The SMILES string of the molecule is CCn1ncc(-c2ccc(F)c(CN)c2)c1F. The second kappa shape index (κ2) is 4.63. The molecule has 0 aliphatic carbocycles. The molecule has 0 saturated carbocycles. The van der Waals surface area contributed by atoms with Crippen LogP contribution >= 0.6 is 0 Å². The number of aryl methyl sites for hydroxylation is 1. The van der Waals surface area contributed by atoms with E-state index in [1.807, 2.05) is 0 Å². The van der Waals surface area contributed by atoms with Gasteiger partial charge in [0, 0.05) is 18.7 Å². The van der Waals surface area contributed by atoms with E-state index >= 15 is 0 Å². The molecule has 17 heavy (non-hydrogen) atoms. The van der Waals surface area contributed by atoms with Crippen molar-refractivity contribution in [2.75, 3.05) is 0 Å². The summed E-state index contributed by atoms with van der Waals surface area (Å²) in [5, 5.41) is 3.91. The fraction of sp³-hybridized carbons (Fsp3) is 0.250. The zero-order valence-electron chi connectivity index (χ0n) is 9.45. The van der Waals surface area contributed by atoms with Crippen molar-refractivity contribution in [2.24, 2.45) is 5.73 Å². The minimum absolute atomic E-state index is 0.0865. The average Bonchev–Trinajstić information content (AvgIpc) is 2.71. The third kappa shape index (κ3) is 2.06. The Hall–Kier alpha value is -1.75. The molecule has 0 spiro atoms. The summed E-state index contributed by atoms with van der Waals surface area (Å²) in [6.07, 6.45) is 1.44. The quantitative estimate of drug-likeness (QED) is 0.890. The summed E-state index contributed by atoms with van der Waals surface area (Å²) in [6, 6.07) is 4.37. The molecule has 3 nitrogen and oxygen atoms in total. The van der Waals surface area contributed by atoms with Gasteiger partial charge in [-0.25, -0.2) is 9.07 Å². The molecule has 2 N–H and O–H groups in total. The van der Waals surface area contributed by atoms with Crippen LogP contribution < -0.4 is 5.73 Å². The Labute approximate surface area is 97.9 Å². The molecule has 0 amide bonds. The Morgan fingerprint density at radius 1 is 1.35 bits per heavy atom. The number of rotatable bonds is 3. The van der Waals surface area contributed by atoms with Gasteiger partial charge < -0.3 is 5.73 Å². The topological polar surface area (TPSA) is 43.8 Å². The molecule has 0 saturated heterocycles. The molecule has 0 radical (unpaired) electrons. The highest BCUT2D eigenvalue weighted by Gasteiger charge is 2.12. The number of benzene rings is 1. The van der Waals surface area contributed by atoms with Crippen LogP contribution in [-0.4, -0.2) is 9.78 Å². The van der Waals surface area contributed by atoms with Gasteiger partial charge in [0.2, 0.25) is 5.95 Å². The highest BCUT2D eigenvalue weighted by molar-refractivity contribution is 5.63. The lowest BCUT2D eigenvalue weighted by atomic mass is 10.1. The number of hydrogen-bond acceptors (Lipinski definition) is 2. The van der Waals surface area contributed by atoms with Crippen LogP contribution in [0.2, 0.25) is 0 Å². The van der Waals surface area contributed by atoms with E-state index in [0.717, 1.165) is 0 Å². The summed E-state index contributed by atoms with van der Waals surface area (Å²) in [7, 11) is 0. The summed E-state index contributed by atoms with van der Waals surface area (Å²) < 4.78 is 28.3. The van der Waals surface area contributed by atoms with Crippen molar-refractivity contribution in [2.45, 2.75) is 20.0 Å². The predicted molar refractivity (Wildman–Crippen MR) is 61.1 cm³/mol. The van der Waals surface area contributed by atoms with Crippen molar-refractivity contribution in [3.8, 4) is 11.1 Å². The largest absolute Gasteiger partial charge is 0.326 e. The smallest absolute Gasteiger partial charge is 0.219 e. The highest BCUT2D eigenvalue weighted by Crippen LogP contribution is 2.24. The van der Waals surface area contributed by atoms with Crippen LogP contribution in [0.4, 0.5) is 8.78 Å². The summed E-state index contributed by atoms with van der Waals surface area (Å²) in [5.41, 5.74) is 6.73. The molecule has 5 heteroatoms. The lowest BCUT2D eigenvalue weighted by Gasteiger charge is -2.03. The average molecular weight is 237 g/mol. The highest BCUT2D eigenvalue weighted by atomic mass is 19.1. The molecule has 0 aliphatic rings. The number of hydrogen-bond donors (Lipinski definition) is 1. The molecule has 0 atom stereocenters. The predicted octanol–water partition coefficient (Wildman–Crippen LogP) is 2.31. The molecular formula is C12H13F2N3. The first kappa shape index (κ1) is 11.7. The molecule has 1 heterocycles. The molecule has 2 rings (SSSR count). The Balaban J connectivity index is 2.49. The lowest BCUT2D eigenvalue weighted by molar-refractivity contribution is 0.473. The Bertz CT molecular complexity index is 535. The molecule has 0 bridgehead atoms. The summed E-state index contributed by atoms with van der Waals surface area (Å²) >= 11 is 0. The van der Waals surface area contributed by atoms with Gasteiger partial charge in [0.05, 0.1) is 11.8 Å². The first-order valence-electron chi connectivity index (χ1n) is 5.37. The first-order valence-corrected chi connectivity index (χ1v) is 5.37. The third-order valence-corrected chi connectivity index (χ3v) is 2.65. The number of nitrogens with zero attached hydrogens (tertiary/aromatic N) is 2. The van der Waals surface area contributed by atoms with Crippen LogP contribution in [0.3, 0.4) is 0 Å². The van der Waals surface area contributed by atoms with Gasteiger partial charge in [-0.2, -0.15) is 9.49 Å². The van der Waals surface area contributed by atoms with E-state index in [1.165, 1.54) is 23.0 Å². The number of halogens is 2. The van der Waals surface area contributed by atoms with Gasteiger partial charge in [-0.05, 0) is 24.6 Å². The Morgan fingerprint density at radius 2 is 2.12 bits per heavy atom. The third-order valence-electron chi connectivity index (χ3n) is 2.65. The van der Waals surface area contributed by atoms with Crippen molar-refractivity contribution in [3.63, 3.8) is 0 Å². The minimum atomic E-state index is -0.415. The van der Waals surface area contributed by atoms with Gasteiger partial charge in [0.1, 0.15) is 5.82 Å². The summed E-state index contributed by atoms with van der Waals surface area (Å²) in [5.74, 6) is -0.790. The van der Waals surface area contributed by atoms with Gasteiger partial charge in [0.25, 0.3) is 0 Å². The maximum atomic E-state index is 13.8. The molecule has 2 aromatic rings. The van der Waals surface area contributed by atoms with Gasteiger partial charge in [-0.3, -0.25) is 0 Å². The minimum Gasteiger partial charge on any atom is -0.326 e. The van der Waals surface area contributed by atoms with Crippen LogP contribution in [-0.2, 0) is 13.1 Å². The van der Waals surface area contributed by atoms with Crippen molar-refractivity contribution >= 4 is 0 Å². The first-order chi connectivity index (χ1) is 8.17. The van der Waals surface area contributed by atoms with Crippen molar-refractivity contribution in [3.05, 3.63) is 41.7 Å². The maximum absolute atomic E-state index is 13.8. The van der Waals surface area contributed by atoms with E-state index in [2.05, 4.69) is 5.10 Å². The van der Waals surface area contributed by atoms with Crippen LogP contribution in [0.1, 0.15) is 12.5 Å². The van der Waals surface area contributed by atoms with E-state index in [1.54, 1.807) is 13.0 Å². The fourth-order valence-corrected chi connectivity index (χ4v) is 1.68. The summed E-state index contributed by atoms with van der Waals surface area (Å²) in [6.45, 7) is 2.34. The Morgan fingerprint density at radius 3 is 2.71 bits per heavy atom. The maximum Gasteiger partial charge on any atom is 0.219 e. The van der Waals surface area contributed by atoms with E-state index in [4.69, 9.17) is 5.73 Å². The van der Waals surface area contributed by atoms with E-state index in [-0.39, 0.29) is 12.4 Å². The molecule has 90 valence electrons. The van der Waals surface area contributed by atoms with E-state index < -0.39 is 5.95 Å². The van der Waals surface area contributed by atoms with Crippen molar-refractivity contribution < 1.29 is 8.78 Å². The molecule has 0 unspecified atom stereocenters. The second-order valence-electron chi connectivity index (χ2n) is 3.68. The zero-order valence-corrected chi connectivity index (χ0v) is 9.45. The van der Waals surface area contributed by atoms with Crippen LogP contribution in [0.5, 0.6) is 0 Å².